The van der Waals surface area contributed by atoms with E-state index in [4.69, 9.17) is 5.73 Å². The highest BCUT2D eigenvalue weighted by Crippen LogP contribution is 2.19. The van der Waals surface area contributed by atoms with Crippen LogP contribution in [-0.4, -0.2) is 19.0 Å². The second-order valence-electron chi connectivity index (χ2n) is 5.48. The fourth-order valence-electron chi connectivity index (χ4n) is 2.13. The predicted molar refractivity (Wildman–Crippen MR) is 84.0 cm³/mol. The largest absolute Gasteiger partial charge is 0.320 e. The molecule has 0 aromatic heterocycles. The number of aryl methyl sites for hydroxylation is 2. The zero-order valence-corrected chi connectivity index (χ0v) is 13.3. The van der Waals surface area contributed by atoms with E-state index in [0.717, 1.165) is 16.8 Å². The van der Waals surface area contributed by atoms with Crippen molar-refractivity contribution in [3.8, 4) is 0 Å². The van der Waals surface area contributed by atoms with Gasteiger partial charge in [-0.2, -0.15) is 0 Å². The lowest BCUT2D eigenvalue weighted by atomic mass is 10.0. The van der Waals surface area contributed by atoms with Crippen LogP contribution in [0, 0.1) is 19.8 Å². The molecule has 1 atom stereocenters. The fourth-order valence-corrected chi connectivity index (χ4v) is 2.13. The number of amides is 1. The maximum Gasteiger partial charge on any atom is 0.243 e. The molecule has 0 aliphatic carbocycles. The lowest BCUT2D eigenvalue weighted by Gasteiger charge is -2.23. The minimum absolute atomic E-state index is 0. The highest BCUT2D eigenvalue weighted by atomic mass is 35.5. The first-order valence-corrected chi connectivity index (χ1v) is 6.42. The summed E-state index contributed by atoms with van der Waals surface area (Å²) in [7, 11) is 1.79. The van der Waals surface area contributed by atoms with Crippen LogP contribution in [0.1, 0.15) is 31.4 Å². The Labute approximate surface area is 122 Å². The molecule has 2 N–H and O–H groups in total. The summed E-state index contributed by atoms with van der Waals surface area (Å²) in [5, 5.41) is 0. The first-order chi connectivity index (χ1) is 8.31. The molecule has 0 heterocycles. The smallest absolute Gasteiger partial charge is 0.243 e. The van der Waals surface area contributed by atoms with Gasteiger partial charge in [0.1, 0.15) is 0 Å². The van der Waals surface area contributed by atoms with E-state index in [9.17, 15) is 4.79 Å². The van der Waals surface area contributed by atoms with E-state index in [-0.39, 0.29) is 18.3 Å². The quantitative estimate of drug-likeness (QED) is 0.924. The van der Waals surface area contributed by atoms with E-state index >= 15 is 0 Å². The van der Waals surface area contributed by atoms with Gasteiger partial charge in [-0.05, 0) is 49.4 Å². The van der Waals surface area contributed by atoms with Gasteiger partial charge < -0.3 is 10.6 Å². The highest BCUT2D eigenvalue weighted by molar-refractivity contribution is 5.96. The average molecular weight is 285 g/mol. The first-order valence-electron chi connectivity index (χ1n) is 6.42. The number of hydrogen-bond donors (Lipinski definition) is 1. The van der Waals surface area contributed by atoms with Crippen LogP contribution in [0.15, 0.2) is 18.2 Å². The summed E-state index contributed by atoms with van der Waals surface area (Å²) < 4.78 is 0. The van der Waals surface area contributed by atoms with E-state index in [1.165, 1.54) is 0 Å². The molecule has 0 saturated heterocycles. The monoisotopic (exact) mass is 284 g/mol. The van der Waals surface area contributed by atoms with Gasteiger partial charge in [0.25, 0.3) is 0 Å². The van der Waals surface area contributed by atoms with Gasteiger partial charge in [-0.1, -0.05) is 19.9 Å². The number of halogens is 1. The van der Waals surface area contributed by atoms with E-state index in [2.05, 4.69) is 19.9 Å². The minimum Gasteiger partial charge on any atom is -0.320 e. The molecular formula is C15H25ClN2O. The van der Waals surface area contributed by atoms with Gasteiger partial charge >= 0.3 is 0 Å². The van der Waals surface area contributed by atoms with Crippen LogP contribution < -0.4 is 10.6 Å². The van der Waals surface area contributed by atoms with Gasteiger partial charge in [-0.3, -0.25) is 4.79 Å². The van der Waals surface area contributed by atoms with Crippen molar-refractivity contribution >= 4 is 24.0 Å². The van der Waals surface area contributed by atoms with Crippen LogP contribution in [0.3, 0.4) is 0 Å². The molecule has 0 saturated carbocycles. The Bertz CT molecular complexity index is 412. The standard InChI is InChI=1S/C15H24N2O.ClH/c1-10(2)6-14(16)15(18)17(5)13-8-11(3)7-12(4)9-13;/h7-10,14H,6,16H2,1-5H3;1H/t14-;/m0./s1. The molecule has 3 nitrogen and oxygen atoms in total. The Morgan fingerprint density at radius 1 is 1.21 bits per heavy atom. The maximum atomic E-state index is 12.2. The molecule has 0 spiro atoms. The van der Waals surface area contributed by atoms with Crippen LogP contribution in [0.2, 0.25) is 0 Å². The molecule has 0 radical (unpaired) electrons. The second kappa shape index (κ2) is 7.51. The van der Waals surface area contributed by atoms with Crippen LogP contribution in [0.25, 0.3) is 0 Å². The minimum atomic E-state index is -0.421. The average Bonchev–Trinajstić information content (AvgIpc) is 2.24. The fraction of sp³-hybridized carbons (Fsp3) is 0.533. The van der Waals surface area contributed by atoms with Gasteiger partial charge in [0.05, 0.1) is 6.04 Å². The number of likely N-dealkylation sites (N-methyl/N-ethyl adjacent to an activating group) is 1. The topological polar surface area (TPSA) is 46.3 Å². The molecule has 19 heavy (non-hydrogen) atoms. The molecule has 0 fully saturated rings. The summed E-state index contributed by atoms with van der Waals surface area (Å²) in [6.07, 6.45) is 0.716. The molecule has 4 heteroatoms. The zero-order valence-electron chi connectivity index (χ0n) is 12.4. The van der Waals surface area contributed by atoms with Crippen LogP contribution >= 0.6 is 12.4 Å². The van der Waals surface area contributed by atoms with Crippen molar-refractivity contribution in [1.29, 1.82) is 0 Å². The van der Waals surface area contributed by atoms with Crippen molar-refractivity contribution in [3.63, 3.8) is 0 Å². The number of anilines is 1. The summed E-state index contributed by atoms with van der Waals surface area (Å²) in [6, 6.07) is 5.69. The SMILES string of the molecule is Cc1cc(C)cc(N(C)C(=O)[C@@H](N)CC(C)C)c1.Cl. The van der Waals surface area contributed by atoms with Crippen molar-refractivity contribution in [2.75, 3.05) is 11.9 Å². The normalized spacial score (nSPS) is 11.9. The van der Waals surface area contributed by atoms with E-state index in [1.54, 1.807) is 11.9 Å². The van der Waals surface area contributed by atoms with Crippen molar-refractivity contribution in [3.05, 3.63) is 29.3 Å². The molecule has 0 aliphatic rings. The van der Waals surface area contributed by atoms with Gasteiger partial charge in [-0.25, -0.2) is 0 Å². The van der Waals surface area contributed by atoms with Crippen molar-refractivity contribution in [2.45, 2.75) is 40.2 Å². The molecule has 0 aliphatic heterocycles. The first kappa shape index (κ1) is 17.9. The Balaban J connectivity index is 0.00000324. The number of nitrogens with two attached hydrogens (primary N) is 1. The van der Waals surface area contributed by atoms with Crippen LogP contribution in [0.5, 0.6) is 0 Å². The van der Waals surface area contributed by atoms with Gasteiger partial charge in [0.15, 0.2) is 0 Å². The van der Waals surface area contributed by atoms with Crippen LogP contribution in [-0.2, 0) is 4.79 Å². The lowest BCUT2D eigenvalue weighted by molar-refractivity contribution is -0.119. The highest BCUT2D eigenvalue weighted by Gasteiger charge is 2.20. The molecule has 0 unspecified atom stereocenters. The van der Waals surface area contributed by atoms with Gasteiger partial charge in [0, 0.05) is 12.7 Å². The number of nitrogens with zero attached hydrogens (tertiary/aromatic N) is 1. The third kappa shape index (κ3) is 5.21. The lowest BCUT2D eigenvalue weighted by Crippen LogP contribution is -2.42. The Morgan fingerprint density at radius 2 is 1.68 bits per heavy atom. The van der Waals surface area contributed by atoms with Crippen molar-refractivity contribution in [1.82, 2.24) is 0 Å². The van der Waals surface area contributed by atoms with E-state index < -0.39 is 6.04 Å². The summed E-state index contributed by atoms with van der Waals surface area (Å²) in [5.74, 6) is 0.408. The van der Waals surface area contributed by atoms with Crippen molar-refractivity contribution in [2.24, 2.45) is 11.7 Å². The molecule has 1 aromatic rings. The summed E-state index contributed by atoms with van der Waals surface area (Å²) in [6.45, 7) is 8.21. The van der Waals surface area contributed by atoms with E-state index in [1.807, 2.05) is 26.0 Å². The number of carbonyl (C=O) groups excluding carboxylic acids is 1. The Kier molecular flexibility index (Phi) is 7.09. The number of benzene rings is 1. The molecule has 0 bridgehead atoms. The van der Waals surface area contributed by atoms with E-state index in [0.29, 0.717) is 12.3 Å². The molecule has 1 rings (SSSR count). The maximum absolute atomic E-state index is 12.2. The summed E-state index contributed by atoms with van der Waals surface area (Å²) in [4.78, 5) is 13.9. The number of carbonyl (C=O) groups is 1. The number of rotatable bonds is 4. The van der Waals surface area contributed by atoms with Crippen LogP contribution in [0.4, 0.5) is 5.69 Å². The predicted octanol–water partition coefficient (Wildman–Crippen LogP) is 3.06. The second-order valence-corrected chi connectivity index (χ2v) is 5.48. The van der Waals surface area contributed by atoms with Gasteiger partial charge in [-0.15, -0.1) is 12.4 Å². The summed E-state index contributed by atoms with van der Waals surface area (Å²) in [5.41, 5.74) is 9.16. The molecule has 1 aromatic carbocycles. The molecule has 1 amide bonds. The third-order valence-corrected chi connectivity index (χ3v) is 2.97. The molecular weight excluding hydrogens is 260 g/mol. The third-order valence-electron chi connectivity index (χ3n) is 2.97. The Morgan fingerprint density at radius 3 is 2.11 bits per heavy atom. The van der Waals surface area contributed by atoms with Crippen molar-refractivity contribution < 1.29 is 4.79 Å². The van der Waals surface area contributed by atoms with Gasteiger partial charge in [0.2, 0.25) is 5.91 Å². The number of hydrogen-bond acceptors (Lipinski definition) is 2. The Hall–Kier alpha value is -1.06. The zero-order chi connectivity index (χ0) is 13.9. The summed E-state index contributed by atoms with van der Waals surface area (Å²) >= 11 is 0. The molecule has 108 valence electrons.